The second kappa shape index (κ2) is 15.4. The Morgan fingerprint density at radius 3 is 1.93 bits per heavy atom. The number of para-hydroxylation sites is 1. The highest BCUT2D eigenvalue weighted by molar-refractivity contribution is 6.99. The van der Waals surface area contributed by atoms with Gasteiger partial charge in [-0.2, -0.15) is 0 Å². The molecule has 4 aromatic carbocycles. The number of carbonyl (C=O) groups excluding carboxylic acids is 2. The third-order valence-corrected chi connectivity index (χ3v) is 16.4. The molecule has 0 aliphatic carbocycles. The number of nitrogens with zero attached hydrogens (tertiary/aromatic N) is 2. The predicted octanol–water partition coefficient (Wildman–Crippen LogP) is 9.04. The van der Waals surface area contributed by atoms with Crippen LogP contribution in [-0.2, 0) is 15.6 Å². The fraction of sp³-hybridized carbons (Fsp3) is 0.391. The number of alkyl halides is 2. The SMILES string of the molecule is C[C@@H]1Cc2c([nH]c3ccccc23)[C@@H](c2c(F)cc(C(=O)C3CN(C(=O)OC(C)(C)C)C3)cc2F)N1CC(F)(F)CO[Si](c1ccccc1)(c1ccccc1)C(C)(C)C. The second-order valence-corrected chi connectivity index (χ2v) is 22.1. The lowest BCUT2D eigenvalue weighted by Gasteiger charge is -2.45. The van der Waals surface area contributed by atoms with Crippen molar-refractivity contribution in [3.63, 3.8) is 0 Å². The topological polar surface area (TPSA) is 74.9 Å². The molecule has 1 fully saturated rings. The average Bonchev–Trinajstić information content (AvgIpc) is 3.49. The van der Waals surface area contributed by atoms with Gasteiger partial charge in [0.15, 0.2) is 5.78 Å². The van der Waals surface area contributed by atoms with Crippen LogP contribution in [0.1, 0.15) is 81.7 Å². The van der Waals surface area contributed by atoms with Crippen LogP contribution in [0.3, 0.4) is 0 Å². The van der Waals surface area contributed by atoms with Crippen molar-refractivity contribution in [2.24, 2.45) is 5.92 Å². The first kappa shape index (κ1) is 41.4. The zero-order chi connectivity index (χ0) is 41.8. The molecule has 2 atom stereocenters. The summed E-state index contributed by atoms with van der Waals surface area (Å²) in [6, 6.07) is 26.6. The van der Waals surface area contributed by atoms with E-state index in [2.05, 4.69) is 4.98 Å². The van der Waals surface area contributed by atoms with Gasteiger partial charge >= 0.3 is 6.09 Å². The summed E-state index contributed by atoms with van der Waals surface area (Å²) in [5.41, 5.74) is 0.607. The van der Waals surface area contributed by atoms with E-state index in [0.29, 0.717) is 12.1 Å². The van der Waals surface area contributed by atoms with Crippen LogP contribution >= 0.6 is 0 Å². The van der Waals surface area contributed by atoms with E-state index in [1.807, 2.05) is 106 Å². The van der Waals surface area contributed by atoms with Gasteiger partial charge in [-0.1, -0.05) is 99.6 Å². The summed E-state index contributed by atoms with van der Waals surface area (Å²) in [6.45, 7) is 11.4. The Hall–Kier alpha value is -4.78. The van der Waals surface area contributed by atoms with E-state index in [0.717, 1.165) is 39.0 Å². The van der Waals surface area contributed by atoms with Crippen molar-refractivity contribution in [2.45, 2.75) is 83.5 Å². The number of benzene rings is 4. The highest BCUT2D eigenvalue weighted by Crippen LogP contribution is 2.44. The molecule has 58 heavy (non-hydrogen) atoms. The van der Waals surface area contributed by atoms with Crippen molar-refractivity contribution in [3.8, 4) is 0 Å². The fourth-order valence-corrected chi connectivity index (χ4v) is 13.3. The van der Waals surface area contributed by atoms with Crippen LogP contribution in [0.5, 0.6) is 0 Å². The third-order valence-electron chi connectivity index (χ3n) is 11.4. The molecular weight excluding hydrogens is 763 g/mol. The van der Waals surface area contributed by atoms with E-state index < -0.39 is 85.1 Å². The molecule has 0 spiro atoms. The normalized spacial score (nSPS) is 18.2. The number of nitrogens with one attached hydrogen (secondary N) is 1. The number of amides is 1. The number of rotatable bonds is 10. The molecule has 1 N–H and O–H groups in total. The molecule has 306 valence electrons. The first-order chi connectivity index (χ1) is 27.3. The molecule has 0 bridgehead atoms. The summed E-state index contributed by atoms with van der Waals surface area (Å²) in [4.78, 5) is 32.1. The minimum absolute atomic E-state index is 0.0517. The molecule has 0 saturated carbocycles. The molecule has 7 nitrogen and oxygen atoms in total. The maximum absolute atomic E-state index is 16.9. The fourth-order valence-electron chi connectivity index (χ4n) is 8.70. The lowest BCUT2D eigenvalue weighted by molar-refractivity contribution is -0.0825. The number of hydrogen-bond acceptors (Lipinski definition) is 5. The van der Waals surface area contributed by atoms with E-state index in [4.69, 9.17) is 9.16 Å². The number of ether oxygens (including phenoxy) is 1. The molecule has 12 heteroatoms. The molecule has 5 aromatic rings. The van der Waals surface area contributed by atoms with Gasteiger partial charge in [-0.15, -0.1) is 0 Å². The van der Waals surface area contributed by atoms with Crippen molar-refractivity contribution in [1.29, 1.82) is 0 Å². The summed E-state index contributed by atoms with van der Waals surface area (Å²) < 4.78 is 79.0. The molecule has 2 aliphatic heterocycles. The van der Waals surface area contributed by atoms with E-state index in [1.54, 1.807) is 27.7 Å². The minimum atomic E-state index is -3.46. The Bertz CT molecular complexity index is 2240. The van der Waals surface area contributed by atoms with Crippen LogP contribution in [-0.4, -0.2) is 78.8 Å². The van der Waals surface area contributed by atoms with Crippen LogP contribution in [0.2, 0.25) is 5.04 Å². The molecule has 7 rings (SSSR count). The highest BCUT2D eigenvalue weighted by atomic mass is 28.4. The Morgan fingerprint density at radius 2 is 1.38 bits per heavy atom. The number of likely N-dealkylation sites (tertiary alicyclic amines) is 1. The van der Waals surface area contributed by atoms with Gasteiger partial charge in [0.25, 0.3) is 14.2 Å². The average molecular weight is 814 g/mol. The van der Waals surface area contributed by atoms with E-state index in [1.165, 1.54) is 9.80 Å². The van der Waals surface area contributed by atoms with Crippen LogP contribution < -0.4 is 10.4 Å². The van der Waals surface area contributed by atoms with Crippen molar-refractivity contribution in [1.82, 2.24) is 14.8 Å². The smallest absolute Gasteiger partial charge is 0.410 e. The molecule has 0 unspecified atom stereocenters. The Morgan fingerprint density at radius 1 is 0.828 bits per heavy atom. The van der Waals surface area contributed by atoms with Gasteiger partial charge in [0.05, 0.1) is 25.1 Å². The Kier molecular flexibility index (Phi) is 11.0. The van der Waals surface area contributed by atoms with E-state index >= 15 is 17.6 Å². The number of aromatic amines is 1. The molecule has 1 amide bonds. The van der Waals surface area contributed by atoms with Gasteiger partial charge in [-0.3, -0.25) is 9.69 Å². The largest absolute Gasteiger partial charge is 0.444 e. The number of ketones is 1. The molecular formula is C46H51F4N3O4Si. The van der Waals surface area contributed by atoms with Gasteiger partial charge in [0.1, 0.15) is 17.2 Å². The van der Waals surface area contributed by atoms with Crippen LogP contribution in [0.25, 0.3) is 10.9 Å². The van der Waals surface area contributed by atoms with Gasteiger partial charge in [-0.25, -0.2) is 22.4 Å². The highest BCUT2D eigenvalue weighted by Gasteiger charge is 2.53. The molecule has 0 radical (unpaired) electrons. The van der Waals surface area contributed by atoms with Crippen molar-refractivity contribution in [3.05, 3.63) is 131 Å². The first-order valence-corrected chi connectivity index (χ1v) is 21.7. The summed E-state index contributed by atoms with van der Waals surface area (Å²) in [7, 11) is -3.35. The summed E-state index contributed by atoms with van der Waals surface area (Å²) in [5.74, 6) is -6.69. The standard InChI is InChI=1S/C46H51F4N3O4Si/c1-29-22-35-34-20-14-15-21-38(34)51-40(35)41(39-36(47)23-30(24-37(39)48)42(54)31-25-52(26-31)43(55)57-44(2,3)4)53(29)27-46(49,50)28-56-58(45(5,6)7,32-16-10-8-11-17-32)33-18-12-9-13-19-33/h8-21,23-24,29,31,41,51H,22,25-28H2,1-7H3/t29-,41-/m1/s1. The Balaban J connectivity index is 1.22. The van der Waals surface area contributed by atoms with Crippen LogP contribution in [0.4, 0.5) is 22.4 Å². The number of hydrogen-bond donors (Lipinski definition) is 1. The second-order valence-electron chi connectivity index (χ2n) is 17.8. The van der Waals surface area contributed by atoms with Gasteiger partial charge < -0.3 is 19.0 Å². The molecule has 2 aliphatic rings. The number of Topliss-reactive ketones (excluding diaryl/α,β-unsaturated/α-hetero) is 1. The van der Waals surface area contributed by atoms with Crippen molar-refractivity contribution in [2.75, 3.05) is 26.2 Å². The van der Waals surface area contributed by atoms with Gasteiger partial charge in [-0.05, 0) is 73.3 Å². The van der Waals surface area contributed by atoms with Crippen LogP contribution in [0, 0.1) is 17.6 Å². The molecule has 1 saturated heterocycles. The maximum atomic E-state index is 16.9. The van der Waals surface area contributed by atoms with E-state index in [-0.39, 0.29) is 18.7 Å². The van der Waals surface area contributed by atoms with Crippen molar-refractivity contribution < 1.29 is 36.3 Å². The molecule has 3 heterocycles. The van der Waals surface area contributed by atoms with Gasteiger partial charge in [0, 0.05) is 46.9 Å². The number of fused-ring (bicyclic) bond motifs is 3. The zero-order valence-electron chi connectivity index (χ0n) is 34.0. The lowest BCUT2D eigenvalue weighted by Crippen LogP contribution is -2.67. The van der Waals surface area contributed by atoms with Crippen molar-refractivity contribution >= 4 is 41.5 Å². The number of halogens is 4. The number of aromatic nitrogens is 1. The summed E-state index contributed by atoms with van der Waals surface area (Å²) in [5, 5.41) is 2.01. The zero-order valence-corrected chi connectivity index (χ0v) is 35.0. The molecule has 1 aromatic heterocycles. The quantitative estimate of drug-likeness (QED) is 0.0866. The third kappa shape index (κ3) is 7.86. The Labute approximate surface area is 338 Å². The van der Waals surface area contributed by atoms with Crippen LogP contribution in [0.15, 0.2) is 97.1 Å². The first-order valence-electron chi connectivity index (χ1n) is 19.8. The predicted molar refractivity (Wildman–Crippen MR) is 221 cm³/mol. The lowest BCUT2D eigenvalue weighted by atomic mass is 9.86. The van der Waals surface area contributed by atoms with Gasteiger partial charge in [0.2, 0.25) is 0 Å². The summed E-state index contributed by atoms with van der Waals surface area (Å²) >= 11 is 0. The monoisotopic (exact) mass is 813 g/mol. The minimum Gasteiger partial charge on any atom is -0.444 e. The maximum Gasteiger partial charge on any atom is 0.410 e. The summed E-state index contributed by atoms with van der Waals surface area (Å²) in [6.07, 6.45) is -0.212. The number of carbonyl (C=O) groups is 2. The number of H-pyrrole nitrogens is 1. The van der Waals surface area contributed by atoms with E-state index in [9.17, 15) is 9.59 Å².